The van der Waals surface area contributed by atoms with Crippen LogP contribution in [-0.2, 0) is 9.59 Å². The van der Waals surface area contributed by atoms with Gasteiger partial charge in [0.05, 0.1) is 0 Å². The van der Waals surface area contributed by atoms with Crippen LogP contribution in [0.25, 0.3) is 0 Å². The Labute approximate surface area is 181 Å². The van der Waals surface area contributed by atoms with Crippen molar-refractivity contribution in [2.24, 2.45) is 5.92 Å². The van der Waals surface area contributed by atoms with Gasteiger partial charge in [-0.3, -0.25) is 14.5 Å². The van der Waals surface area contributed by atoms with Crippen LogP contribution in [0.15, 0.2) is 30.3 Å². The summed E-state index contributed by atoms with van der Waals surface area (Å²) in [7, 11) is 0. The second-order valence-electron chi connectivity index (χ2n) is 8.60. The van der Waals surface area contributed by atoms with Crippen molar-refractivity contribution in [1.29, 1.82) is 0 Å². The summed E-state index contributed by atoms with van der Waals surface area (Å²) in [5, 5.41) is 5.92. The number of carbonyl (C=O) groups is 2. The predicted molar refractivity (Wildman–Crippen MR) is 122 cm³/mol. The molecule has 6 nitrogen and oxygen atoms in total. The van der Waals surface area contributed by atoms with E-state index in [4.69, 9.17) is 0 Å². The van der Waals surface area contributed by atoms with Crippen LogP contribution in [-0.4, -0.2) is 62.5 Å². The zero-order valence-corrected chi connectivity index (χ0v) is 18.3. The molecule has 2 fully saturated rings. The summed E-state index contributed by atoms with van der Waals surface area (Å²) in [6.07, 6.45) is 8.03. The van der Waals surface area contributed by atoms with Gasteiger partial charge >= 0.3 is 0 Å². The Morgan fingerprint density at radius 3 is 2.33 bits per heavy atom. The molecule has 0 aromatic heterocycles. The van der Waals surface area contributed by atoms with Gasteiger partial charge in [-0.2, -0.15) is 0 Å². The van der Waals surface area contributed by atoms with Crippen molar-refractivity contribution in [3.63, 3.8) is 0 Å². The highest BCUT2D eigenvalue weighted by Gasteiger charge is 2.20. The number of carbonyl (C=O) groups excluding carboxylic acids is 2. The number of amides is 2. The first-order valence-electron chi connectivity index (χ1n) is 11.8. The summed E-state index contributed by atoms with van der Waals surface area (Å²) < 4.78 is 0. The topological polar surface area (TPSA) is 64.7 Å². The Kier molecular flexibility index (Phi) is 9.48. The number of nitrogens with zero attached hydrogens (tertiary/aromatic N) is 2. The number of rotatable bonds is 10. The van der Waals surface area contributed by atoms with Gasteiger partial charge in [0, 0.05) is 57.3 Å². The standard InChI is InChI=1S/C24H38N4O2/c29-23(13-15-26-24(30)21-9-3-1-4-10-21)25-14-7-8-16-27-17-19-28(20-18-27)22-11-5-2-6-12-22/h2,5-6,11-12,21H,1,3-4,7-10,13-20H2,(H,25,29)(H,26,30). The maximum absolute atomic E-state index is 12.1. The number of para-hydroxylation sites is 1. The van der Waals surface area contributed by atoms with Crippen molar-refractivity contribution in [2.45, 2.75) is 51.4 Å². The Hall–Kier alpha value is -2.08. The fourth-order valence-electron chi connectivity index (χ4n) is 4.45. The van der Waals surface area contributed by atoms with E-state index in [1.54, 1.807) is 0 Å². The molecule has 1 saturated carbocycles. The van der Waals surface area contributed by atoms with Crippen LogP contribution < -0.4 is 15.5 Å². The molecule has 2 amide bonds. The molecule has 1 heterocycles. The maximum atomic E-state index is 12.1. The summed E-state index contributed by atoms with van der Waals surface area (Å²) >= 11 is 0. The monoisotopic (exact) mass is 414 g/mol. The smallest absolute Gasteiger partial charge is 0.223 e. The number of piperazine rings is 1. The van der Waals surface area contributed by atoms with Gasteiger partial charge in [-0.05, 0) is 44.4 Å². The lowest BCUT2D eigenvalue weighted by Gasteiger charge is -2.36. The Balaban J connectivity index is 1.17. The normalized spacial score (nSPS) is 18.2. The average molecular weight is 415 g/mol. The van der Waals surface area contributed by atoms with Gasteiger partial charge in [-0.25, -0.2) is 0 Å². The molecule has 0 radical (unpaired) electrons. The summed E-state index contributed by atoms with van der Waals surface area (Å²) in [6, 6.07) is 10.6. The van der Waals surface area contributed by atoms with Crippen LogP contribution in [0.1, 0.15) is 51.4 Å². The minimum atomic E-state index is 0.0374. The molecule has 1 aliphatic heterocycles. The lowest BCUT2D eigenvalue weighted by Crippen LogP contribution is -2.46. The predicted octanol–water partition coefficient (Wildman–Crippen LogP) is 2.79. The van der Waals surface area contributed by atoms with Crippen molar-refractivity contribution >= 4 is 17.5 Å². The first-order valence-corrected chi connectivity index (χ1v) is 11.8. The van der Waals surface area contributed by atoms with Gasteiger partial charge in [-0.15, -0.1) is 0 Å². The van der Waals surface area contributed by atoms with E-state index in [0.717, 1.165) is 77.8 Å². The summed E-state index contributed by atoms with van der Waals surface area (Å²) in [6.45, 7) is 6.62. The number of hydrogen-bond donors (Lipinski definition) is 2. The first-order chi connectivity index (χ1) is 14.7. The molecule has 3 rings (SSSR count). The van der Waals surface area contributed by atoms with Crippen LogP contribution in [0.3, 0.4) is 0 Å². The summed E-state index contributed by atoms with van der Waals surface area (Å²) in [5.41, 5.74) is 1.31. The lowest BCUT2D eigenvalue weighted by molar-refractivity contribution is -0.126. The van der Waals surface area contributed by atoms with E-state index in [2.05, 4.69) is 50.8 Å². The Morgan fingerprint density at radius 2 is 1.60 bits per heavy atom. The first kappa shape index (κ1) is 22.6. The number of nitrogens with one attached hydrogen (secondary N) is 2. The van der Waals surface area contributed by atoms with Crippen molar-refractivity contribution < 1.29 is 9.59 Å². The summed E-state index contributed by atoms with van der Waals surface area (Å²) in [4.78, 5) is 29.0. The van der Waals surface area contributed by atoms with Gasteiger partial charge in [-0.1, -0.05) is 37.5 Å². The Bertz CT molecular complexity index is 638. The minimum Gasteiger partial charge on any atom is -0.369 e. The quantitative estimate of drug-likeness (QED) is 0.578. The highest BCUT2D eigenvalue weighted by Crippen LogP contribution is 2.23. The molecule has 166 valence electrons. The second-order valence-corrected chi connectivity index (χ2v) is 8.60. The van der Waals surface area contributed by atoms with E-state index in [0.29, 0.717) is 13.0 Å². The number of hydrogen-bond acceptors (Lipinski definition) is 4. The van der Waals surface area contributed by atoms with E-state index in [1.807, 2.05) is 0 Å². The van der Waals surface area contributed by atoms with E-state index in [-0.39, 0.29) is 17.7 Å². The van der Waals surface area contributed by atoms with Gasteiger partial charge in [0.15, 0.2) is 0 Å². The molecule has 0 spiro atoms. The van der Waals surface area contributed by atoms with Gasteiger partial charge < -0.3 is 15.5 Å². The third kappa shape index (κ3) is 7.63. The number of anilines is 1. The molecule has 30 heavy (non-hydrogen) atoms. The van der Waals surface area contributed by atoms with Gasteiger partial charge in [0.1, 0.15) is 0 Å². The maximum Gasteiger partial charge on any atom is 0.223 e. The highest BCUT2D eigenvalue weighted by molar-refractivity contribution is 5.80. The van der Waals surface area contributed by atoms with E-state index in [9.17, 15) is 9.59 Å². The van der Waals surface area contributed by atoms with Crippen LogP contribution >= 0.6 is 0 Å². The van der Waals surface area contributed by atoms with Crippen LogP contribution in [0.4, 0.5) is 5.69 Å². The molecule has 0 atom stereocenters. The molecule has 6 heteroatoms. The lowest BCUT2D eigenvalue weighted by atomic mass is 9.89. The third-order valence-electron chi connectivity index (χ3n) is 6.34. The molecule has 2 aliphatic rings. The zero-order valence-electron chi connectivity index (χ0n) is 18.3. The molecular weight excluding hydrogens is 376 g/mol. The molecule has 1 aromatic rings. The molecule has 0 bridgehead atoms. The SMILES string of the molecule is O=C(CCNC(=O)C1CCCCC1)NCCCCN1CCN(c2ccccc2)CC1. The van der Waals surface area contributed by atoms with Crippen molar-refractivity contribution in [3.05, 3.63) is 30.3 Å². The molecule has 1 saturated heterocycles. The highest BCUT2D eigenvalue weighted by atomic mass is 16.2. The van der Waals surface area contributed by atoms with Gasteiger partial charge in [0.2, 0.25) is 11.8 Å². The number of benzene rings is 1. The van der Waals surface area contributed by atoms with Crippen molar-refractivity contribution in [2.75, 3.05) is 50.7 Å². The third-order valence-corrected chi connectivity index (χ3v) is 6.34. The average Bonchev–Trinajstić information content (AvgIpc) is 2.80. The summed E-state index contributed by atoms with van der Waals surface area (Å²) in [5.74, 6) is 0.335. The van der Waals surface area contributed by atoms with Crippen LogP contribution in [0.2, 0.25) is 0 Å². The van der Waals surface area contributed by atoms with Crippen LogP contribution in [0.5, 0.6) is 0 Å². The van der Waals surface area contributed by atoms with E-state index >= 15 is 0 Å². The van der Waals surface area contributed by atoms with Gasteiger partial charge in [0.25, 0.3) is 0 Å². The fraction of sp³-hybridized carbons (Fsp3) is 0.667. The van der Waals surface area contributed by atoms with Crippen LogP contribution in [0, 0.1) is 5.92 Å². The molecule has 1 aromatic carbocycles. The van der Waals surface area contributed by atoms with Crippen molar-refractivity contribution in [1.82, 2.24) is 15.5 Å². The Morgan fingerprint density at radius 1 is 0.867 bits per heavy atom. The number of unbranched alkanes of at least 4 members (excludes halogenated alkanes) is 1. The largest absolute Gasteiger partial charge is 0.369 e. The molecule has 0 unspecified atom stereocenters. The van der Waals surface area contributed by atoms with E-state index < -0.39 is 0 Å². The van der Waals surface area contributed by atoms with Crippen molar-refractivity contribution in [3.8, 4) is 0 Å². The second kappa shape index (κ2) is 12.6. The minimum absolute atomic E-state index is 0.0374. The zero-order chi connectivity index (χ0) is 21.0. The molecule has 1 aliphatic carbocycles. The fourth-order valence-corrected chi connectivity index (χ4v) is 4.45. The molecule has 2 N–H and O–H groups in total. The van der Waals surface area contributed by atoms with E-state index in [1.165, 1.54) is 12.1 Å². The molecular formula is C24H38N4O2.